The van der Waals surface area contributed by atoms with Gasteiger partial charge in [0.05, 0.1) is 34.4 Å². The molecule has 9 heteroatoms. The maximum atomic E-state index is 12.9. The summed E-state index contributed by atoms with van der Waals surface area (Å²) in [5.41, 5.74) is 0. The molecule has 0 fully saturated rings. The van der Waals surface area contributed by atoms with Crippen molar-refractivity contribution >= 4 is 17.9 Å². The molecule has 2 atom stereocenters. The number of nitrogens with zero attached hydrogens (tertiary/aromatic N) is 1. The molecule has 1 N–H and O–H groups in total. The van der Waals surface area contributed by atoms with Crippen LogP contribution < -0.4 is 0 Å². The number of aliphatic carboxylic acids is 1. The Labute approximate surface area is 545 Å². The number of hydrogen-bond acceptors (Lipinski definition) is 7. The summed E-state index contributed by atoms with van der Waals surface area (Å²) in [6.45, 7) is 4.79. The van der Waals surface area contributed by atoms with Crippen molar-refractivity contribution in [1.29, 1.82) is 0 Å². The first-order valence-electron chi connectivity index (χ1n) is 37.6. The van der Waals surface area contributed by atoms with Crippen molar-refractivity contribution in [1.82, 2.24) is 0 Å². The van der Waals surface area contributed by atoms with Crippen LogP contribution in [-0.2, 0) is 33.3 Å². The minimum Gasteiger partial charge on any atom is -0.477 e. The van der Waals surface area contributed by atoms with Crippen LogP contribution in [0.2, 0.25) is 0 Å². The third-order valence-corrected chi connectivity index (χ3v) is 16.7. The summed E-state index contributed by atoms with van der Waals surface area (Å²) in [6, 6.07) is 0. The van der Waals surface area contributed by atoms with Crippen molar-refractivity contribution < 1.29 is 42.9 Å². The van der Waals surface area contributed by atoms with Crippen molar-refractivity contribution in [3.05, 3.63) is 72.9 Å². The predicted molar refractivity (Wildman–Crippen MR) is 378 cm³/mol. The Bertz CT molecular complexity index is 1680. The second-order valence-corrected chi connectivity index (χ2v) is 26.6. The number of unbranched alkanes of at least 4 members (excludes halogenated alkanes) is 43. The normalized spacial score (nSPS) is 13.1. The number of likely N-dealkylation sites (N-methyl/N-ethyl adjacent to an activating group) is 1. The van der Waals surface area contributed by atoms with Crippen LogP contribution in [0.3, 0.4) is 0 Å². The fourth-order valence-corrected chi connectivity index (χ4v) is 11.0. The number of carbonyl (C=O) groups excluding carboxylic acids is 2. The number of hydrogen-bond donors (Lipinski definition) is 1. The van der Waals surface area contributed by atoms with Gasteiger partial charge in [-0.1, -0.05) is 350 Å². The molecule has 0 saturated heterocycles. The molecule has 512 valence electrons. The van der Waals surface area contributed by atoms with E-state index in [4.69, 9.17) is 18.9 Å². The lowest BCUT2D eigenvalue weighted by Crippen LogP contribution is -2.40. The maximum absolute atomic E-state index is 12.9. The van der Waals surface area contributed by atoms with E-state index in [0.29, 0.717) is 23.9 Å². The molecule has 0 saturated carbocycles. The molecule has 0 amide bonds. The second kappa shape index (κ2) is 69.6. The molecular weight excluding hydrogens is 1090 g/mol. The third-order valence-electron chi connectivity index (χ3n) is 16.7. The fourth-order valence-electron chi connectivity index (χ4n) is 11.0. The van der Waals surface area contributed by atoms with Gasteiger partial charge in [0.2, 0.25) is 0 Å². The summed E-state index contributed by atoms with van der Waals surface area (Å²) in [4.78, 5) is 37.6. The lowest BCUT2D eigenvalue weighted by Gasteiger charge is -2.25. The number of carbonyl (C=O) groups is 3. The Hall–Kier alpha value is -3.27. The first kappa shape index (κ1) is 84.7. The van der Waals surface area contributed by atoms with Gasteiger partial charge in [0, 0.05) is 12.8 Å². The molecule has 0 aliphatic carbocycles. The zero-order valence-electron chi connectivity index (χ0n) is 58.6. The van der Waals surface area contributed by atoms with Crippen molar-refractivity contribution in [2.75, 3.05) is 47.5 Å². The number of rotatable bonds is 70. The topological polar surface area (TPSA) is 108 Å². The largest absolute Gasteiger partial charge is 0.477 e. The monoisotopic (exact) mass is 1240 g/mol. The van der Waals surface area contributed by atoms with E-state index in [-0.39, 0.29) is 32.2 Å². The molecule has 0 aromatic heterocycles. The predicted octanol–water partition coefficient (Wildman–Crippen LogP) is 23.6. The van der Waals surface area contributed by atoms with Crippen LogP contribution in [0.25, 0.3) is 0 Å². The van der Waals surface area contributed by atoms with E-state index in [9.17, 15) is 19.5 Å². The number of esters is 2. The van der Waals surface area contributed by atoms with Crippen LogP contribution in [0.1, 0.15) is 354 Å². The molecule has 88 heavy (non-hydrogen) atoms. The van der Waals surface area contributed by atoms with Crippen molar-refractivity contribution in [2.24, 2.45) is 0 Å². The van der Waals surface area contributed by atoms with E-state index in [1.165, 1.54) is 225 Å². The highest BCUT2D eigenvalue weighted by Crippen LogP contribution is 2.19. The van der Waals surface area contributed by atoms with E-state index < -0.39 is 24.3 Å². The van der Waals surface area contributed by atoms with Crippen molar-refractivity contribution in [3.63, 3.8) is 0 Å². The average Bonchev–Trinajstić information content (AvgIpc) is 3.62. The highest BCUT2D eigenvalue weighted by Gasteiger charge is 2.25. The number of quaternary nitrogens is 1. The molecule has 0 aliphatic rings. The number of ether oxygens (including phenoxy) is 4. The summed E-state index contributed by atoms with van der Waals surface area (Å²) in [7, 11) is 5.98. The molecule has 0 aromatic rings. The molecule has 0 heterocycles. The van der Waals surface area contributed by atoms with Gasteiger partial charge in [-0.05, 0) is 64.2 Å². The molecule has 0 radical (unpaired) electrons. The maximum Gasteiger partial charge on any atom is 0.361 e. The highest BCUT2D eigenvalue weighted by atomic mass is 16.7. The Balaban J connectivity index is 4.01. The minimum atomic E-state index is -1.52. The quantitative estimate of drug-likeness (QED) is 0.0211. The highest BCUT2D eigenvalue weighted by molar-refractivity contribution is 5.71. The van der Waals surface area contributed by atoms with Crippen LogP contribution >= 0.6 is 0 Å². The van der Waals surface area contributed by atoms with Gasteiger partial charge in [0.15, 0.2) is 6.10 Å². The van der Waals surface area contributed by atoms with E-state index in [1.54, 1.807) is 0 Å². The molecule has 2 unspecified atom stereocenters. The molecule has 0 bridgehead atoms. The summed E-state index contributed by atoms with van der Waals surface area (Å²) < 4.78 is 23.0. The first-order valence-corrected chi connectivity index (χ1v) is 37.6. The Kier molecular flexibility index (Phi) is 67.0. The van der Waals surface area contributed by atoms with Gasteiger partial charge in [0.25, 0.3) is 6.29 Å². The standard InChI is InChI=1S/C79H143NO8/c1-6-8-10-12-14-16-18-20-22-24-26-28-30-32-33-34-35-36-37-38-39-40-41-42-43-44-46-47-49-51-53-55-57-59-61-63-65-67-69-76(81)86-73-75(74-87-79(78(83)84)85-72-71-80(3,4)5)88-77(82)70-68-66-64-62-60-58-56-54-52-50-48-45-31-29-27-25-23-21-19-17-15-13-11-9-7-2/h9,11,15,17,21,23,27,29,45,48,52,54,75,79H,6-8,10,12-14,16,18-20,22,24-26,28,30-44,46-47,49-51,53,55-74H2,1-5H3/p+1/b11-9-,17-15-,23-21-,29-27-,48-45-,54-52-. The SMILES string of the molecule is CC/C=C\C/C=C\C/C=C\C/C=C\C/C=C\C/C=C\CCCCCCCCC(=O)OC(COC(=O)CCCCCCCCCCCCCCCCCCCCCCCCCCCCCCCCCCCCCCCC)COC(OCC[N+](C)(C)C)C(=O)O. The fraction of sp³-hybridized carbons (Fsp3) is 0.810. The third kappa shape index (κ3) is 70.2. The van der Waals surface area contributed by atoms with Crippen LogP contribution in [0, 0.1) is 0 Å². The summed E-state index contributed by atoms with van der Waals surface area (Å²) >= 11 is 0. The second-order valence-electron chi connectivity index (χ2n) is 26.6. The van der Waals surface area contributed by atoms with E-state index >= 15 is 0 Å². The molecular formula is C79H144NO8+. The van der Waals surface area contributed by atoms with Crippen LogP contribution in [-0.4, -0.2) is 87.4 Å². The molecule has 0 aromatic carbocycles. The van der Waals surface area contributed by atoms with Gasteiger partial charge in [0.1, 0.15) is 13.2 Å². The van der Waals surface area contributed by atoms with Gasteiger partial charge in [-0.3, -0.25) is 9.59 Å². The van der Waals surface area contributed by atoms with Crippen LogP contribution in [0.4, 0.5) is 0 Å². The molecule has 0 spiro atoms. The van der Waals surface area contributed by atoms with Crippen molar-refractivity contribution in [2.45, 2.75) is 367 Å². The Morgan fingerprint density at radius 2 is 0.648 bits per heavy atom. The number of carboxylic acid groups (broad SMARTS) is 1. The Morgan fingerprint density at radius 3 is 0.966 bits per heavy atom. The van der Waals surface area contributed by atoms with E-state index in [1.807, 2.05) is 21.1 Å². The minimum absolute atomic E-state index is 0.183. The van der Waals surface area contributed by atoms with Crippen LogP contribution in [0.5, 0.6) is 0 Å². The number of carboxylic acids is 1. The van der Waals surface area contributed by atoms with Crippen LogP contribution in [0.15, 0.2) is 72.9 Å². The Morgan fingerprint density at radius 1 is 0.352 bits per heavy atom. The van der Waals surface area contributed by atoms with Gasteiger partial charge >= 0.3 is 17.9 Å². The summed E-state index contributed by atoms with van der Waals surface area (Å²) in [5, 5.41) is 9.75. The summed E-state index contributed by atoms with van der Waals surface area (Å²) in [6.07, 6.45) is 90.5. The van der Waals surface area contributed by atoms with Gasteiger partial charge in [-0.15, -0.1) is 0 Å². The zero-order valence-corrected chi connectivity index (χ0v) is 58.6. The molecule has 0 rings (SSSR count). The lowest BCUT2D eigenvalue weighted by atomic mass is 10.0. The van der Waals surface area contributed by atoms with Gasteiger partial charge in [-0.25, -0.2) is 4.79 Å². The lowest BCUT2D eigenvalue weighted by molar-refractivity contribution is -0.870. The van der Waals surface area contributed by atoms with Crippen molar-refractivity contribution in [3.8, 4) is 0 Å². The van der Waals surface area contributed by atoms with E-state index in [0.717, 1.165) is 96.3 Å². The summed E-state index contributed by atoms with van der Waals surface area (Å²) in [5.74, 6) is -2.01. The van der Waals surface area contributed by atoms with E-state index in [2.05, 4.69) is 86.8 Å². The van der Waals surface area contributed by atoms with Gasteiger partial charge in [-0.2, -0.15) is 0 Å². The zero-order chi connectivity index (χ0) is 64.0. The first-order chi connectivity index (χ1) is 43.1. The van der Waals surface area contributed by atoms with Gasteiger partial charge < -0.3 is 28.5 Å². The number of allylic oxidation sites excluding steroid dienone is 12. The smallest absolute Gasteiger partial charge is 0.361 e. The molecule has 9 nitrogen and oxygen atoms in total. The average molecular weight is 1240 g/mol. The molecule has 0 aliphatic heterocycles.